The molecule has 0 unspecified atom stereocenters. The molecular weight excluding hydrogens is 148 g/mol. The van der Waals surface area contributed by atoms with E-state index in [9.17, 15) is 0 Å². The Bertz CT molecular complexity index is 318. The minimum Gasteiger partial charge on any atom is -0.384 e. The second-order valence-electron chi connectivity index (χ2n) is 2.89. The smallest absolute Gasteiger partial charge is 0.124 e. The molecule has 2 nitrogen and oxygen atoms in total. The van der Waals surface area contributed by atoms with Crippen molar-refractivity contribution >= 4 is 5.82 Å². The van der Waals surface area contributed by atoms with Gasteiger partial charge in [0.15, 0.2) is 0 Å². The lowest BCUT2D eigenvalue weighted by Crippen LogP contribution is -1.89. The highest BCUT2D eigenvalue weighted by Gasteiger charge is 1.88. The maximum absolute atomic E-state index is 5.49. The zero-order chi connectivity index (χ0) is 8.97. The van der Waals surface area contributed by atoms with Gasteiger partial charge in [0.2, 0.25) is 0 Å². The molecule has 0 fully saturated rings. The van der Waals surface area contributed by atoms with E-state index in [0.29, 0.717) is 11.7 Å². The van der Waals surface area contributed by atoms with Crippen LogP contribution in [0.4, 0.5) is 5.82 Å². The highest BCUT2D eigenvalue weighted by atomic mass is 14.8. The zero-order valence-electron chi connectivity index (χ0n) is 7.33. The average Bonchev–Trinajstić information content (AvgIpc) is 2.01. The second kappa shape index (κ2) is 3.77. The van der Waals surface area contributed by atoms with Crippen LogP contribution in [0.1, 0.15) is 19.4 Å². The number of hydrogen-bond acceptors (Lipinski definition) is 2. The van der Waals surface area contributed by atoms with Crippen molar-refractivity contribution in [3.63, 3.8) is 0 Å². The first-order chi connectivity index (χ1) is 5.68. The van der Waals surface area contributed by atoms with Gasteiger partial charge in [-0.1, -0.05) is 25.7 Å². The molecule has 0 radical (unpaired) electrons. The summed E-state index contributed by atoms with van der Waals surface area (Å²) in [6.07, 6.45) is 1.67. The molecule has 1 aromatic rings. The van der Waals surface area contributed by atoms with Crippen molar-refractivity contribution in [2.24, 2.45) is 5.92 Å². The molecule has 0 bridgehead atoms. The third-order valence-electron chi connectivity index (χ3n) is 1.29. The molecule has 0 aliphatic rings. The molecule has 1 rings (SSSR count). The molecule has 0 spiro atoms. The van der Waals surface area contributed by atoms with Crippen molar-refractivity contribution in [2.45, 2.75) is 13.8 Å². The Morgan fingerprint density at radius 1 is 1.50 bits per heavy atom. The standard InChI is InChI=1S/C10H12N2/c1-8(2)3-4-9-5-6-12-10(11)7-9/h5-8H,1-2H3,(H2,11,12). The van der Waals surface area contributed by atoms with Gasteiger partial charge >= 0.3 is 0 Å². The molecule has 1 aromatic heterocycles. The summed E-state index contributed by atoms with van der Waals surface area (Å²) < 4.78 is 0. The van der Waals surface area contributed by atoms with E-state index in [2.05, 4.69) is 30.7 Å². The number of anilines is 1. The number of hydrogen-bond donors (Lipinski definition) is 1. The molecule has 0 saturated heterocycles. The molecule has 0 aliphatic carbocycles. The minimum atomic E-state index is 0.388. The van der Waals surface area contributed by atoms with Gasteiger partial charge in [-0.3, -0.25) is 0 Å². The first-order valence-electron chi connectivity index (χ1n) is 3.91. The van der Waals surface area contributed by atoms with Gasteiger partial charge in [-0.15, -0.1) is 0 Å². The van der Waals surface area contributed by atoms with E-state index in [1.807, 2.05) is 6.07 Å². The number of aromatic nitrogens is 1. The van der Waals surface area contributed by atoms with E-state index in [1.54, 1.807) is 12.3 Å². The van der Waals surface area contributed by atoms with E-state index in [1.165, 1.54) is 0 Å². The largest absolute Gasteiger partial charge is 0.384 e. The third kappa shape index (κ3) is 2.63. The quantitative estimate of drug-likeness (QED) is 0.586. The Labute approximate surface area is 72.8 Å². The van der Waals surface area contributed by atoms with Gasteiger partial charge in [0.05, 0.1) is 0 Å². The SMILES string of the molecule is CC(C)C#Cc1ccnc(N)c1. The van der Waals surface area contributed by atoms with Gasteiger partial charge < -0.3 is 5.73 Å². The molecule has 2 N–H and O–H groups in total. The minimum absolute atomic E-state index is 0.388. The fourth-order valence-corrected chi connectivity index (χ4v) is 0.754. The summed E-state index contributed by atoms with van der Waals surface area (Å²) in [7, 11) is 0. The monoisotopic (exact) mass is 160 g/mol. The predicted molar refractivity (Wildman–Crippen MR) is 50.4 cm³/mol. The van der Waals surface area contributed by atoms with Crippen molar-refractivity contribution in [1.29, 1.82) is 0 Å². The van der Waals surface area contributed by atoms with Gasteiger partial charge in [0, 0.05) is 17.7 Å². The fraction of sp³-hybridized carbons (Fsp3) is 0.300. The van der Waals surface area contributed by atoms with Crippen molar-refractivity contribution in [1.82, 2.24) is 4.98 Å². The third-order valence-corrected chi connectivity index (χ3v) is 1.29. The Balaban J connectivity index is 2.85. The highest BCUT2D eigenvalue weighted by molar-refractivity contribution is 5.41. The number of nitrogens with two attached hydrogens (primary N) is 1. The lowest BCUT2D eigenvalue weighted by Gasteiger charge is -1.92. The zero-order valence-corrected chi connectivity index (χ0v) is 7.33. The Kier molecular flexibility index (Phi) is 2.71. The summed E-state index contributed by atoms with van der Waals surface area (Å²) in [6.45, 7) is 4.11. The molecule has 2 heteroatoms. The summed E-state index contributed by atoms with van der Waals surface area (Å²) in [5, 5.41) is 0. The van der Waals surface area contributed by atoms with Gasteiger partial charge in [-0.25, -0.2) is 4.98 Å². The van der Waals surface area contributed by atoms with Crippen LogP contribution < -0.4 is 5.73 Å². The Morgan fingerprint density at radius 3 is 2.83 bits per heavy atom. The van der Waals surface area contributed by atoms with Crippen molar-refractivity contribution < 1.29 is 0 Å². The first kappa shape index (κ1) is 8.61. The molecule has 12 heavy (non-hydrogen) atoms. The number of pyridine rings is 1. The second-order valence-corrected chi connectivity index (χ2v) is 2.89. The van der Waals surface area contributed by atoms with E-state index in [0.717, 1.165) is 5.56 Å². The van der Waals surface area contributed by atoms with Crippen LogP contribution in [0.3, 0.4) is 0 Å². The molecule has 0 aromatic carbocycles. The van der Waals surface area contributed by atoms with E-state index in [4.69, 9.17) is 5.73 Å². The molecule has 0 atom stereocenters. The summed E-state index contributed by atoms with van der Waals surface area (Å²) >= 11 is 0. The molecule has 0 amide bonds. The van der Waals surface area contributed by atoms with Crippen LogP contribution in [0, 0.1) is 17.8 Å². The van der Waals surface area contributed by atoms with Crippen LogP contribution in [0.2, 0.25) is 0 Å². The molecule has 62 valence electrons. The molecule has 1 heterocycles. The summed E-state index contributed by atoms with van der Waals surface area (Å²) in [5.41, 5.74) is 6.41. The number of rotatable bonds is 0. The maximum atomic E-state index is 5.49. The van der Waals surface area contributed by atoms with Crippen LogP contribution in [0.5, 0.6) is 0 Å². The lowest BCUT2D eigenvalue weighted by atomic mass is 10.2. The van der Waals surface area contributed by atoms with Crippen LogP contribution in [-0.4, -0.2) is 4.98 Å². The fourth-order valence-electron chi connectivity index (χ4n) is 0.754. The molecular formula is C10H12N2. The van der Waals surface area contributed by atoms with Crippen molar-refractivity contribution in [3.8, 4) is 11.8 Å². The van der Waals surface area contributed by atoms with Crippen LogP contribution >= 0.6 is 0 Å². The van der Waals surface area contributed by atoms with Gasteiger partial charge in [0.1, 0.15) is 5.82 Å². The Morgan fingerprint density at radius 2 is 2.25 bits per heavy atom. The summed E-state index contributed by atoms with van der Waals surface area (Å²) in [6, 6.07) is 3.63. The van der Waals surface area contributed by atoms with Crippen molar-refractivity contribution in [2.75, 3.05) is 5.73 Å². The van der Waals surface area contributed by atoms with Crippen molar-refractivity contribution in [3.05, 3.63) is 23.9 Å². The average molecular weight is 160 g/mol. The topological polar surface area (TPSA) is 38.9 Å². The van der Waals surface area contributed by atoms with Gasteiger partial charge in [0.25, 0.3) is 0 Å². The van der Waals surface area contributed by atoms with Gasteiger partial charge in [-0.05, 0) is 12.1 Å². The summed E-state index contributed by atoms with van der Waals surface area (Å²) in [5.74, 6) is 6.98. The van der Waals surface area contributed by atoms with E-state index >= 15 is 0 Å². The summed E-state index contributed by atoms with van der Waals surface area (Å²) in [4.78, 5) is 3.88. The molecule has 0 aliphatic heterocycles. The maximum Gasteiger partial charge on any atom is 0.124 e. The van der Waals surface area contributed by atoms with E-state index < -0.39 is 0 Å². The predicted octanol–water partition coefficient (Wildman–Crippen LogP) is 1.67. The Hall–Kier alpha value is -1.49. The number of nitrogens with zero attached hydrogens (tertiary/aromatic N) is 1. The highest BCUT2D eigenvalue weighted by Crippen LogP contribution is 2.01. The van der Waals surface area contributed by atoms with Crippen LogP contribution in [-0.2, 0) is 0 Å². The van der Waals surface area contributed by atoms with Crippen LogP contribution in [0.25, 0.3) is 0 Å². The number of nitrogen functional groups attached to an aromatic ring is 1. The van der Waals surface area contributed by atoms with Gasteiger partial charge in [-0.2, -0.15) is 0 Å². The normalized spacial score (nSPS) is 9.25. The lowest BCUT2D eigenvalue weighted by molar-refractivity contribution is 0.866. The first-order valence-corrected chi connectivity index (χ1v) is 3.91. The van der Waals surface area contributed by atoms with E-state index in [-0.39, 0.29) is 0 Å². The van der Waals surface area contributed by atoms with Crippen LogP contribution in [0.15, 0.2) is 18.3 Å². The molecule has 0 saturated carbocycles.